The average molecular weight is 416 g/mol. The molecule has 0 aromatic carbocycles. The van der Waals surface area contributed by atoms with Gasteiger partial charge in [-0.3, -0.25) is 0 Å². The van der Waals surface area contributed by atoms with Gasteiger partial charge in [0.2, 0.25) is 5.82 Å². The van der Waals surface area contributed by atoms with E-state index in [1.54, 1.807) is 30.6 Å². The molecule has 1 aliphatic heterocycles. The van der Waals surface area contributed by atoms with Crippen molar-refractivity contribution >= 4 is 39.7 Å². The third-order valence-corrected chi connectivity index (χ3v) is 5.53. The third kappa shape index (κ3) is 3.73. The summed E-state index contributed by atoms with van der Waals surface area (Å²) in [5.74, 6) is 0.793. The number of aromatic nitrogens is 3. The molecule has 0 unspecified atom stereocenters. The molecular formula is C18H20N6O4S. The van der Waals surface area contributed by atoms with E-state index in [0.717, 1.165) is 18.8 Å². The van der Waals surface area contributed by atoms with E-state index in [1.807, 2.05) is 4.90 Å². The van der Waals surface area contributed by atoms with Crippen LogP contribution < -0.4 is 9.80 Å². The summed E-state index contributed by atoms with van der Waals surface area (Å²) >= 11 is 1.38. The SMILES string of the molecule is CCOC(=O)c1ccc(N2CCCN(c3nc4sccn4c3[N+](=O)[O-])CC2)nc1. The molecule has 0 spiro atoms. The first-order valence-electron chi connectivity index (χ1n) is 9.31. The summed E-state index contributed by atoms with van der Waals surface area (Å²) in [6.07, 6.45) is 4.00. The number of carbonyl (C=O) groups excluding carboxylic acids is 1. The lowest BCUT2D eigenvalue weighted by atomic mass is 10.2. The van der Waals surface area contributed by atoms with Crippen molar-refractivity contribution in [3.63, 3.8) is 0 Å². The van der Waals surface area contributed by atoms with Crippen LogP contribution in [0.2, 0.25) is 0 Å². The van der Waals surface area contributed by atoms with Gasteiger partial charge in [0, 0.05) is 37.8 Å². The highest BCUT2D eigenvalue weighted by atomic mass is 32.1. The standard InChI is InChI=1S/C18H20N6O4S/c1-2-28-17(25)13-4-5-14(19-12-13)21-6-3-7-22(9-8-21)15-16(24(26)27)23-10-11-29-18(23)20-15/h4-5,10-12H,2-3,6-9H2,1H3. The van der Waals surface area contributed by atoms with Crippen molar-refractivity contribution in [3.05, 3.63) is 45.6 Å². The summed E-state index contributed by atoms with van der Waals surface area (Å²) in [7, 11) is 0. The van der Waals surface area contributed by atoms with E-state index in [1.165, 1.54) is 21.9 Å². The maximum Gasteiger partial charge on any atom is 0.373 e. The summed E-state index contributed by atoms with van der Waals surface area (Å²) in [5.41, 5.74) is 0.417. The predicted molar refractivity (Wildman–Crippen MR) is 109 cm³/mol. The van der Waals surface area contributed by atoms with Crippen LogP contribution in [-0.4, -0.2) is 58.0 Å². The van der Waals surface area contributed by atoms with Crippen molar-refractivity contribution in [2.75, 3.05) is 42.6 Å². The Morgan fingerprint density at radius 1 is 1.28 bits per heavy atom. The van der Waals surface area contributed by atoms with Crippen molar-refractivity contribution < 1.29 is 14.5 Å². The lowest BCUT2D eigenvalue weighted by Gasteiger charge is -2.22. The van der Waals surface area contributed by atoms with E-state index in [9.17, 15) is 14.9 Å². The first-order chi connectivity index (χ1) is 14.1. The monoisotopic (exact) mass is 416 g/mol. The highest BCUT2D eigenvalue weighted by Gasteiger charge is 2.29. The second-order valence-corrected chi connectivity index (χ2v) is 7.40. The summed E-state index contributed by atoms with van der Waals surface area (Å²) in [6, 6.07) is 3.51. The fourth-order valence-electron chi connectivity index (χ4n) is 3.41. The summed E-state index contributed by atoms with van der Waals surface area (Å²) < 4.78 is 6.51. The molecule has 1 saturated heterocycles. The molecule has 3 aromatic rings. The van der Waals surface area contributed by atoms with Gasteiger partial charge in [0.05, 0.1) is 12.2 Å². The van der Waals surface area contributed by atoms with Gasteiger partial charge in [0.1, 0.15) is 12.0 Å². The highest BCUT2D eigenvalue weighted by molar-refractivity contribution is 7.15. The number of thiazole rings is 1. The van der Waals surface area contributed by atoms with Crippen LogP contribution in [0.1, 0.15) is 23.7 Å². The topological polar surface area (TPSA) is 106 Å². The first kappa shape index (κ1) is 19.1. The van der Waals surface area contributed by atoms with Gasteiger partial charge in [0.15, 0.2) is 0 Å². The molecule has 0 radical (unpaired) electrons. The zero-order chi connectivity index (χ0) is 20.4. The lowest BCUT2D eigenvalue weighted by molar-refractivity contribution is -0.389. The molecule has 0 bridgehead atoms. The molecule has 0 amide bonds. The Balaban J connectivity index is 1.50. The molecule has 0 aliphatic carbocycles. The fraction of sp³-hybridized carbons (Fsp3) is 0.389. The molecular weight excluding hydrogens is 396 g/mol. The Kier molecular flexibility index (Phi) is 5.30. The molecule has 4 heterocycles. The summed E-state index contributed by atoms with van der Waals surface area (Å²) in [6.45, 7) is 4.75. The van der Waals surface area contributed by atoms with E-state index in [0.29, 0.717) is 42.6 Å². The molecule has 0 atom stereocenters. The van der Waals surface area contributed by atoms with E-state index < -0.39 is 0 Å². The molecule has 3 aromatic heterocycles. The summed E-state index contributed by atoms with van der Waals surface area (Å²) in [5, 5.41) is 13.4. The number of anilines is 2. The van der Waals surface area contributed by atoms with Crippen molar-refractivity contribution in [1.29, 1.82) is 0 Å². The Morgan fingerprint density at radius 3 is 2.79 bits per heavy atom. The van der Waals surface area contributed by atoms with Crippen LogP contribution in [0.25, 0.3) is 4.96 Å². The van der Waals surface area contributed by atoms with Gasteiger partial charge in [-0.1, -0.05) is 11.3 Å². The van der Waals surface area contributed by atoms with Crippen molar-refractivity contribution in [2.45, 2.75) is 13.3 Å². The van der Waals surface area contributed by atoms with Crippen molar-refractivity contribution in [1.82, 2.24) is 14.4 Å². The zero-order valence-electron chi connectivity index (χ0n) is 15.9. The lowest BCUT2D eigenvalue weighted by Crippen LogP contribution is -2.31. The van der Waals surface area contributed by atoms with Gasteiger partial charge in [0.25, 0.3) is 4.96 Å². The van der Waals surface area contributed by atoms with Crippen LogP contribution in [0.15, 0.2) is 29.9 Å². The van der Waals surface area contributed by atoms with Gasteiger partial charge in [-0.05, 0) is 30.4 Å². The number of fused-ring (bicyclic) bond motifs is 1. The van der Waals surface area contributed by atoms with Crippen LogP contribution in [0.5, 0.6) is 0 Å². The van der Waals surface area contributed by atoms with Crippen LogP contribution in [-0.2, 0) is 4.74 Å². The number of rotatable bonds is 5. The number of ether oxygens (including phenoxy) is 1. The van der Waals surface area contributed by atoms with Gasteiger partial charge in [-0.15, -0.1) is 0 Å². The maximum absolute atomic E-state index is 11.8. The highest BCUT2D eigenvalue weighted by Crippen LogP contribution is 2.31. The van der Waals surface area contributed by atoms with Crippen molar-refractivity contribution in [3.8, 4) is 0 Å². The van der Waals surface area contributed by atoms with Crippen LogP contribution in [0.4, 0.5) is 17.5 Å². The number of esters is 1. The molecule has 0 N–H and O–H groups in total. The largest absolute Gasteiger partial charge is 0.462 e. The van der Waals surface area contributed by atoms with Gasteiger partial charge in [-0.25, -0.2) is 9.78 Å². The van der Waals surface area contributed by atoms with Gasteiger partial charge < -0.3 is 24.7 Å². The van der Waals surface area contributed by atoms with E-state index in [-0.39, 0.29) is 16.7 Å². The number of nitrogens with zero attached hydrogens (tertiary/aromatic N) is 6. The molecule has 29 heavy (non-hydrogen) atoms. The minimum Gasteiger partial charge on any atom is -0.462 e. The van der Waals surface area contributed by atoms with E-state index in [2.05, 4.69) is 14.9 Å². The number of hydrogen-bond donors (Lipinski definition) is 0. The second kappa shape index (κ2) is 8.03. The normalized spacial score (nSPS) is 14.8. The quantitative estimate of drug-likeness (QED) is 0.355. The Bertz CT molecular complexity index is 1030. The minimum atomic E-state index is -0.388. The van der Waals surface area contributed by atoms with Gasteiger partial charge >= 0.3 is 11.8 Å². The Hall–Kier alpha value is -3.21. The molecule has 1 fully saturated rings. The number of hydrogen-bond acceptors (Lipinski definition) is 9. The van der Waals surface area contributed by atoms with Crippen LogP contribution in [0, 0.1) is 10.1 Å². The van der Waals surface area contributed by atoms with E-state index in [4.69, 9.17) is 4.74 Å². The smallest absolute Gasteiger partial charge is 0.373 e. The summed E-state index contributed by atoms with van der Waals surface area (Å²) in [4.78, 5) is 36.6. The Morgan fingerprint density at radius 2 is 2.07 bits per heavy atom. The number of nitro groups is 1. The average Bonchev–Trinajstić information content (AvgIpc) is 3.21. The number of carbonyl (C=O) groups is 1. The molecule has 1 aliphatic rings. The van der Waals surface area contributed by atoms with Gasteiger partial charge in [-0.2, -0.15) is 9.38 Å². The van der Waals surface area contributed by atoms with Crippen molar-refractivity contribution in [2.24, 2.45) is 0 Å². The fourth-order valence-corrected chi connectivity index (χ4v) is 4.12. The van der Waals surface area contributed by atoms with E-state index >= 15 is 0 Å². The predicted octanol–water partition coefficient (Wildman–Crippen LogP) is 2.59. The third-order valence-electron chi connectivity index (χ3n) is 4.77. The second-order valence-electron chi connectivity index (χ2n) is 6.52. The molecule has 0 saturated carbocycles. The molecule has 4 rings (SSSR count). The van der Waals surface area contributed by atoms with Crippen LogP contribution in [0.3, 0.4) is 0 Å². The molecule has 10 nitrogen and oxygen atoms in total. The minimum absolute atomic E-state index is 0.00612. The Labute approximate surface area is 170 Å². The number of imidazole rings is 1. The number of pyridine rings is 1. The molecule has 152 valence electrons. The maximum atomic E-state index is 11.8. The first-order valence-corrected chi connectivity index (χ1v) is 10.2. The zero-order valence-corrected chi connectivity index (χ0v) is 16.7. The molecule has 11 heteroatoms. The van der Waals surface area contributed by atoms with Crippen LogP contribution >= 0.6 is 11.3 Å².